The maximum atomic E-state index is 13.6. The highest BCUT2D eigenvalue weighted by Crippen LogP contribution is 2.32. The van der Waals surface area contributed by atoms with E-state index in [9.17, 15) is 30.8 Å². The molecular weight excluding hydrogens is 366 g/mol. The molecule has 0 radical (unpaired) electrons. The summed E-state index contributed by atoms with van der Waals surface area (Å²) in [4.78, 5) is 12.9. The van der Waals surface area contributed by atoms with E-state index in [0.29, 0.717) is 0 Å². The first-order valence-electron chi connectivity index (χ1n) is 6.22. The van der Waals surface area contributed by atoms with Crippen LogP contribution in [0.25, 0.3) is 0 Å². The van der Waals surface area contributed by atoms with E-state index in [1.165, 1.54) is 0 Å². The molecule has 1 unspecified atom stereocenters. The fourth-order valence-corrected chi connectivity index (χ4v) is 3.61. The molecule has 1 saturated heterocycles. The minimum absolute atomic E-state index is 0.0106. The topological polar surface area (TPSA) is 63.7 Å². The minimum atomic E-state index is -5.04. The molecule has 0 N–H and O–H groups in total. The van der Waals surface area contributed by atoms with Crippen LogP contribution in [0.3, 0.4) is 0 Å². The zero-order valence-corrected chi connectivity index (χ0v) is 12.9. The van der Waals surface area contributed by atoms with Gasteiger partial charge in [-0.1, -0.05) is 0 Å². The van der Waals surface area contributed by atoms with Crippen LogP contribution in [0.2, 0.25) is 0 Å². The Kier molecular flexibility index (Phi) is 4.76. The third-order valence-corrected chi connectivity index (χ3v) is 4.34. The third kappa shape index (κ3) is 4.96. The summed E-state index contributed by atoms with van der Waals surface area (Å²) >= 11 is 0. The number of hydrogen-bond acceptors (Lipinski definition) is 4. The van der Waals surface area contributed by atoms with Crippen molar-refractivity contribution < 1.29 is 35.5 Å². The number of hydrogen-bond donors (Lipinski definition) is 0. The van der Waals surface area contributed by atoms with Crippen LogP contribution in [0.15, 0.2) is 18.2 Å². The Balaban J connectivity index is 2.16. The van der Waals surface area contributed by atoms with E-state index in [1.807, 2.05) is 0 Å². The number of benzene rings is 1. The highest BCUT2D eigenvalue weighted by atomic mass is 35.7. The number of carbonyl (C=O) groups is 1. The Morgan fingerprint density at radius 2 is 2.00 bits per heavy atom. The lowest BCUT2D eigenvalue weighted by atomic mass is 10.1. The van der Waals surface area contributed by atoms with E-state index in [4.69, 9.17) is 10.7 Å². The molecule has 1 amide bonds. The lowest BCUT2D eigenvalue weighted by molar-refractivity contribution is -0.275. The smallest absolute Gasteiger partial charge is 0.403 e. The molecule has 1 fully saturated rings. The summed E-state index contributed by atoms with van der Waals surface area (Å²) in [5.74, 6) is -3.78. The first-order valence-corrected chi connectivity index (χ1v) is 8.70. The second-order valence-corrected chi connectivity index (χ2v) is 7.76. The second-order valence-electron chi connectivity index (χ2n) is 4.94. The summed E-state index contributed by atoms with van der Waals surface area (Å²) in [6, 6.07) is 2.55. The molecule has 1 heterocycles. The number of carbonyl (C=O) groups excluding carboxylic acids is 1. The van der Waals surface area contributed by atoms with Gasteiger partial charge in [-0.2, -0.15) is 0 Å². The summed E-state index contributed by atoms with van der Waals surface area (Å²) in [7, 11) is 1.32. The van der Waals surface area contributed by atoms with Crippen molar-refractivity contribution in [1.29, 1.82) is 0 Å². The van der Waals surface area contributed by atoms with Crippen LogP contribution in [-0.4, -0.2) is 33.0 Å². The monoisotopic (exact) mass is 375 g/mol. The molecule has 0 spiro atoms. The minimum Gasteiger partial charge on any atom is -0.403 e. The normalized spacial score (nSPS) is 19.3. The molecule has 0 aliphatic carbocycles. The van der Waals surface area contributed by atoms with Gasteiger partial charge in [0.2, 0.25) is 15.0 Å². The summed E-state index contributed by atoms with van der Waals surface area (Å²) in [6.45, 7) is -0.0241. The van der Waals surface area contributed by atoms with Crippen LogP contribution in [-0.2, 0) is 13.8 Å². The molecule has 5 nitrogen and oxygen atoms in total. The number of amides is 1. The highest BCUT2D eigenvalue weighted by molar-refractivity contribution is 8.13. The first-order chi connectivity index (χ1) is 10.4. The predicted octanol–water partition coefficient (Wildman–Crippen LogP) is 2.65. The predicted molar refractivity (Wildman–Crippen MR) is 73.2 cm³/mol. The fraction of sp³-hybridized carbons (Fsp3) is 0.417. The van der Waals surface area contributed by atoms with Gasteiger partial charge in [0, 0.05) is 41.3 Å². The molecular formula is C12H10ClF4NO4S. The number of alkyl halides is 3. The largest absolute Gasteiger partial charge is 0.573 e. The Labute approximate surface area is 133 Å². The van der Waals surface area contributed by atoms with E-state index >= 15 is 0 Å². The fourth-order valence-electron chi connectivity index (χ4n) is 2.29. The number of ether oxygens (including phenoxy) is 1. The van der Waals surface area contributed by atoms with Gasteiger partial charge in [0.05, 0.1) is 5.75 Å². The summed E-state index contributed by atoms with van der Waals surface area (Å²) < 4.78 is 75.4. The summed E-state index contributed by atoms with van der Waals surface area (Å²) in [6.07, 6.45) is -5.14. The molecule has 128 valence electrons. The zero-order valence-electron chi connectivity index (χ0n) is 11.3. The molecule has 2 rings (SSSR count). The van der Waals surface area contributed by atoms with Gasteiger partial charge in [0.15, 0.2) is 11.6 Å². The standard InChI is InChI=1S/C12H10ClF4NO4S/c13-23(20,21)6-7-3-11(19)18(5-7)8-1-2-10(9(14)4-8)22-12(15,16)17/h1-2,4,7H,3,5-6H2. The van der Waals surface area contributed by atoms with Crippen LogP contribution in [0, 0.1) is 11.7 Å². The molecule has 1 aromatic carbocycles. The number of nitrogens with zero attached hydrogens (tertiary/aromatic N) is 1. The van der Waals surface area contributed by atoms with Crippen molar-refractivity contribution in [2.24, 2.45) is 5.92 Å². The lowest BCUT2D eigenvalue weighted by Crippen LogP contribution is -2.25. The van der Waals surface area contributed by atoms with Crippen LogP contribution in [0.4, 0.5) is 23.2 Å². The van der Waals surface area contributed by atoms with Crippen molar-refractivity contribution >= 4 is 31.3 Å². The van der Waals surface area contributed by atoms with Gasteiger partial charge in [-0.05, 0) is 12.1 Å². The molecule has 0 aromatic heterocycles. The van der Waals surface area contributed by atoms with Gasteiger partial charge < -0.3 is 9.64 Å². The maximum Gasteiger partial charge on any atom is 0.573 e. The quantitative estimate of drug-likeness (QED) is 0.599. The second kappa shape index (κ2) is 6.16. The van der Waals surface area contributed by atoms with Crippen molar-refractivity contribution in [3.8, 4) is 5.75 Å². The molecule has 0 saturated carbocycles. The first kappa shape index (κ1) is 17.8. The van der Waals surface area contributed by atoms with E-state index in [2.05, 4.69) is 4.74 Å². The zero-order chi connectivity index (χ0) is 17.4. The Bertz CT molecular complexity index is 722. The van der Waals surface area contributed by atoms with Gasteiger partial charge in [-0.3, -0.25) is 4.79 Å². The highest BCUT2D eigenvalue weighted by Gasteiger charge is 2.35. The van der Waals surface area contributed by atoms with Crippen LogP contribution < -0.4 is 9.64 Å². The van der Waals surface area contributed by atoms with Gasteiger partial charge >= 0.3 is 6.36 Å². The van der Waals surface area contributed by atoms with E-state index in [-0.39, 0.29) is 18.7 Å². The molecule has 1 aliphatic rings. The van der Waals surface area contributed by atoms with Crippen molar-refractivity contribution in [2.75, 3.05) is 17.2 Å². The van der Waals surface area contributed by atoms with E-state index in [1.54, 1.807) is 0 Å². The Morgan fingerprint density at radius 1 is 1.35 bits per heavy atom. The van der Waals surface area contributed by atoms with Gasteiger partial charge in [-0.25, -0.2) is 12.8 Å². The van der Waals surface area contributed by atoms with E-state index in [0.717, 1.165) is 23.1 Å². The molecule has 11 heteroatoms. The third-order valence-electron chi connectivity index (χ3n) is 3.09. The van der Waals surface area contributed by atoms with Crippen molar-refractivity contribution in [1.82, 2.24) is 0 Å². The van der Waals surface area contributed by atoms with Crippen molar-refractivity contribution in [3.05, 3.63) is 24.0 Å². The SMILES string of the molecule is O=C1CC(CS(=O)(=O)Cl)CN1c1ccc(OC(F)(F)F)c(F)c1. The lowest BCUT2D eigenvalue weighted by Gasteiger charge is -2.18. The van der Waals surface area contributed by atoms with Crippen LogP contribution in [0.1, 0.15) is 6.42 Å². The van der Waals surface area contributed by atoms with Gasteiger partial charge in [0.1, 0.15) is 0 Å². The Hall–Kier alpha value is -1.55. The van der Waals surface area contributed by atoms with Crippen LogP contribution >= 0.6 is 10.7 Å². The number of rotatable bonds is 4. The Morgan fingerprint density at radius 3 is 2.52 bits per heavy atom. The summed E-state index contributed by atoms with van der Waals surface area (Å²) in [5, 5.41) is 0. The van der Waals surface area contributed by atoms with Crippen molar-refractivity contribution in [3.63, 3.8) is 0 Å². The molecule has 1 atom stereocenters. The maximum absolute atomic E-state index is 13.6. The van der Waals surface area contributed by atoms with Crippen molar-refractivity contribution in [2.45, 2.75) is 12.8 Å². The molecule has 1 aliphatic heterocycles. The molecule has 0 bridgehead atoms. The molecule has 1 aromatic rings. The van der Waals surface area contributed by atoms with Crippen LogP contribution in [0.5, 0.6) is 5.75 Å². The van der Waals surface area contributed by atoms with Gasteiger partial charge in [-0.15, -0.1) is 13.2 Å². The average molecular weight is 376 g/mol. The average Bonchev–Trinajstić information content (AvgIpc) is 2.68. The summed E-state index contributed by atoms with van der Waals surface area (Å²) in [5.41, 5.74) is 0.0106. The number of anilines is 1. The number of halogens is 5. The van der Waals surface area contributed by atoms with Gasteiger partial charge in [0.25, 0.3) is 0 Å². The van der Waals surface area contributed by atoms with E-state index < -0.39 is 44.6 Å². The molecule has 23 heavy (non-hydrogen) atoms.